The fraction of sp³-hybridized carbons (Fsp3) is 0.103. The van der Waals surface area contributed by atoms with Gasteiger partial charge in [0.2, 0.25) is 0 Å². The van der Waals surface area contributed by atoms with Crippen LogP contribution in [-0.4, -0.2) is 4.57 Å². The summed E-state index contributed by atoms with van der Waals surface area (Å²) in [6.07, 6.45) is 0. The van der Waals surface area contributed by atoms with Crippen LogP contribution in [-0.2, 0) is 10.8 Å². The Balaban J connectivity index is 1.08. The first-order valence-electron chi connectivity index (χ1n) is 21.2. The molecule has 10 aromatic rings. The van der Waals surface area contributed by atoms with Gasteiger partial charge in [0.05, 0.1) is 22.4 Å². The van der Waals surface area contributed by atoms with Gasteiger partial charge in [-0.25, -0.2) is 0 Å². The molecular formula is C58H44N2. The van der Waals surface area contributed by atoms with Crippen molar-refractivity contribution in [3.63, 3.8) is 0 Å². The third kappa shape index (κ3) is 4.82. The van der Waals surface area contributed by atoms with Crippen LogP contribution >= 0.6 is 0 Å². The number of anilines is 3. The second-order valence-corrected chi connectivity index (χ2v) is 17.7. The van der Waals surface area contributed by atoms with E-state index in [0.29, 0.717) is 0 Å². The van der Waals surface area contributed by atoms with Crippen LogP contribution in [0.15, 0.2) is 194 Å². The van der Waals surface area contributed by atoms with Gasteiger partial charge in [-0.1, -0.05) is 173 Å². The van der Waals surface area contributed by atoms with Crippen LogP contribution in [0.4, 0.5) is 17.1 Å². The summed E-state index contributed by atoms with van der Waals surface area (Å²) in [7, 11) is 0. The minimum atomic E-state index is -0.242. The standard InChI is InChI=1S/C58H44N2/c1-57(2)47-24-13-10-22-43(47)44-32-30-39(35-49(44)57)59(51-26-14-11-20-41(51)37-17-6-5-7-18-37)40-31-33-45-50(36-40)58(3,4)48-25-16-28-53(56(45)48)60-52-27-15-12-23-46(52)55-42-21-9-8-19-38(42)29-34-54(55)60/h5-36H,1-4H3. The Morgan fingerprint density at radius 2 is 1.00 bits per heavy atom. The molecule has 0 atom stereocenters. The van der Waals surface area contributed by atoms with Gasteiger partial charge in [0.25, 0.3) is 0 Å². The Kier molecular flexibility index (Phi) is 7.36. The maximum atomic E-state index is 2.52. The number of nitrogens with zero attached hydrogens (tertiary/aromatic N) is 2. The monoisotopic (exact) mass is 768 g/mol. The van der Waals surface area contributed by atoms with Crippen LogP contribution in [0.5, 0.6) is 0 Å². The third-order valence-corrected chi connectivity index (χ3v) is 13.8. The van der Waals surface area contributed by atoms with E-state index in [1.807, 2.05) is 0 Å². The third-order valence-electron chi connectivity index (χ3n) is 13.8. The predicted octanol–water partition coefficient (Wildman–Crippen LogP) is 15.7. The Bertz CT molecular complexity index is 3380. The zero-order valence-electron chi connectivity index (χ0n) is 34.4. The topological polar surface area (TPSA) is 8.17 Å². The van der Waals surface area contributed by atoms with E-state index in [1.165, 1.54) is 93.9 Å². The van der Waals surface area contributed by atoms with Gasteiger partial charge in [-0.3, -0.25) is 0 Å². The van der Waals surface area contributed by atoms with Crippen molar-refractivity contribution in [3.05, 3.63) is 216 Å². The highest BCUT2D eigenvalue weighted by Gasteiger charge is 2.39. The van der Waals surface area contributed by atoms with Gasteiger partial charge in [0, 0.05) is 44.1 Å². The van der Waals surface area contributed by atoms with E-state index in [0.717, 1.165) is 17.1 Å². The lowest BCUT2D eigenvalue weighted by Gasteiger charge is -2.31. The van der Waals surface area contributed by atoms with E-state index in [1.54, 1.807) is 0 Å². The van der Waals surface area contributed by atoms with Gasteiger partial charge in [-0.2, -0.15) is 0 Å². The summed E-state index contributed by atoms with van der Waals surface area (Å²) in [5.41, 5.74) is 19.9. The van der Waals surface area contributed by atoms with Crippen LogP contribution in [0.25, 0.3) is 71.6 Å². The Labute approximate surface area is 351 Å². The summed E-state index contributed by atoms with van der Waals surface area (Å²) in [6, 6.07) is 72.2. The fourth-order valence-corrected chi connectivity index (χ4v) is 10.9. The molecule has 0 fully saturated rings. The average Bonchev–Trinajstić information content (AvgIpc) is 3.84. The quantitative estimate of drug-likeness (QED) is 0.169. The lowest BCUT2D eigenvalue weighted by atomic mass is 9.82. The van der Waals surface area contributed by atoms with Gasteiger partial charge in [0.1, 0.15) is 0 Å². The number of para-hydroxylation sites is 2. The number of fused-ring (bicyclic) bond motifs is 11. The highest BCUT2D eigenvalue weighted by Crippen LogP contribution is 2.55. The van der Waals surface area contributed by atoms with Crippen molar-refractivity contribution in [2.24, 2.45) is 0 Å². The van der Waals surface area contributed by atoms with Gasteiger partial charge in [0.15, 0.2) is 0 Å². The molecule has 0 amide bonds. The molecule has 0 spiro atoms. The molecule has 60 heavy (non-hydrogen) atoms. The smallest absolute Gasteiger partial charge is 0.0547 e. The lowest BCUT2D eigenvalue weighted by molar-refractivity contribution is 0.660. The largest absolute Gasteiger partial charge is 0.310 e. The summed E-state index contributed by atoms with van der Waals surface area (Å²) < 4.78 is 2.52. The zero-order chi connectivity index (χ0) is 40.3. The number of aromatic nitrogens is 1. The molecular weight excluding hydrogens is 725 g/mol. The van der Waals surface area contributed by atoms with Crippen LogP contribution in [0.3, 0.4) is 0 Å². The normalized spacial score (nSPS) is 14.3. The summed E-state index contributed by atoms with van der Waals surface area (Å²) in [6.45, 7) is 9.55. The SMILES string of the molecule is CC1(C)c2ccccc2-c2ccc(N(c3ccc4c(c3)C(C)(C)c3cccc(-n5c6ccccc6c6c7ccccc7ccc65)c3-4)c3ccccc3-c3ccccc3)cc21. The highest BCUT2D eigenvalue weighted by molar-refractivity contribution is 6.21. The molecule has 2 aliphatic rings. The van der Waals surface area contributed by atoms with E-state index in [4.69, 9.17) is 0 Å². The fourth-order valence-electron chi connectivity index (χ4n) is 10.9. The first-order valence-corrected chi connectivity index (χ1v) is 21.2. The number of benzene rings is 9. The van der Waals surface area contributed by atoms with Crippen LogP contribution in [0.1, 0.15) is 49.9 Å². The molecule has 12 rings (SSSR count). The first-order chi connectivity index (χ1) is 29.3. The molecule has 2 aliphatic carbocycles. The number of rotatable bonds is 5. The van der Waals surface area contributed by atoms with Crippen molar-refractivity contribution < 1.29 is 0 Å². The molecule has 2 heteroatoms. The van der Waals surface area contributed by atoms with Crippen LogP contribution < -0.4 is 4.90 Å². The van der Waals surface area contributed by atoms with Crippen molar-refractivity contribution >= 4 is 49.6 Å². The number of hydrogen-bond acceptors (Lipinski definition) is 1. The summed E-state index contributed by atoms with van der Waals surface area (Å²) >= 11 is 0. The van der Waals surface area contributed by atoms with E-state index < -0.39 is 0 Å². The number of hydrogen-bond donors (Lipinski definition) is 0. The Morgan fingerprint density at radius 3 is 1.82 bits per heavy atom. The van der Waals surface area contributed by atoms with Crippen molar-refractivity contribution in [2.45, 2.75) is 38.5 Å². The molecule has 286 valence electrons. The molecule has 0 N–H and O–H groups in total. The summed E-state index contributed by atoms with van der Waals surface area (Å²) in [4.78, 5) is 2.50. The molecule has 0 saturated heterocycles. The van der Waals surface area contributed by atoms with Crippen LogP contribution in [0.2, 0.25) is 0 Å². The second-order valence-electron chi connectivity index (χ2n) is 17.7. The molecule has 0 bridgehead atoms. The highest BCUT2D eigenvalue weighted by atomic mass is 15.1. The Morgan fingerprint density at radius 1 is 0.400 bits per heavy atom. The molecule has 2 nitrogen and oxygen atoms in total. The predicted molar refractivity (Wildman–Crippen MR) is 254 cm³/mol. The molecule has 9 aromatic carbocycles. The summed E-state index contributed by atoms with van der Waals surface area (Å²) in [5.74, 6) is 0. The van der Waals surface area contributed by atoms with E-state index >= 15 is 0 Å². The molecule has 0 saturated carbocycles. The van der Waals surface area contributed by atoms with Crippen molar-refractivity contribution in [2.75, 3.05) is 4.90 Å². The Hall–Kier alpha value is -7.16. The van der Waals surface area contributed by atoms with E-state index in [2.05, 4.69) is 231 Å². The zero-order valence-corrected chi connectivity index (χ0v) is 34.4. The molecule has 1 heterocycles. The van der Waals surface area contributed by atoms with Gasteiger partial charge < -0.3 is 9.47 Å². The minimum Gasteiger partial charge on any atom is -0.310 e. The van der Waals surface area contributed by atoms with Gasteiger partial charge in [-0.15, -0.1) is 0 Å². The van der Waals surface area contributed by atoms with Crippen molar-refractivity contribution in [3.8, 4) is 39.1 Å². The van der Waals surface area contributed by atoms with Crippen molar-refractivity contribution in [1.82, 2.24) is 4.57 Å². The summed E-state index contributed by atoms with van der Waals surface area (Å²) in [5, 5.41) is 5.14. The lowest BCUT2D eigenvalue weighted by Crippen LogP contribution is -2.18. The average molecular weight is 769 g/mol. The van der Waals surface area contributed by atoms with E-state index in [-0.39, 0.29) is 10.8 Å². The van der Waals surface area contributed by atoms with Crippen molar-refractivity contribution in [1.29, 1.82) is 0 Å². The van der Waals surface area contributed by atoms with Gasteiger partial charge >= 0.3 is 0 Å². The maximum Gasteiger partial charge on any atom is 0.0547 e. The molecule has 0 radical (unpaired) electrons. The van der Waals surface area contributed by atoms with Crippen LogP contribution in [0, 0.1) is 0 Å². The van der Waals surface area contributed by atoms with Gasteiger partial charge in [-0.05, 0) is 104 Å². The minimum absolute atomic E-state index is 0.121. The first kappa shape index (κ1) is 34.8. The van der Waals surface area contributed by atoms with E-state index in [9.17, 15) is 0 Å². The molecule has 0 aliphatic heterocycles. The maximum absolute atomic E-state index is 2.52. The molecule has 0 unspecified atom stereocenters. The second kappa shape index (κ2) is 12.7. The molecule has 1 aromatic heterocycles.